The Morgan fingerprint density at radius 1 is 1.12 bits per heavy atom. The highest BCUT2D eigenvalue weighted by atomic mass is 35.5. The van der Waals surface area contributed by atoms with E-state index in [9.17, 15) is 0 Å². The van der Waals surface area contributed by atoms with Crippen LogP contribution in [-0.2, 0) is 4.74 Å². The number of benzene rings is 1. The molecule has 1 aromatic carbocycles. The van der Waals surface area contributed by atoms with Crippen molar-refractivity contribution in [3.05, 3.63) is 29.3 Å². The van der Waals surface area contributed by atoms with E-state index in [-0.39, 0.29) is 0 Å². The van der Waals surface area contributed by atoms with Gasteiger partial charge in [0.15, 0.2) is 5.96 Å². The van der Waals surface area contributed by atoms with E-state index in [1.807, 2.05) is 19.2 Å². The molecule has 2 aliphatic rings. The third-order valence-corrected chi connectivity index (χ3v) is 5.69. The van der Waals surface area contributed by atoms with Gasteiger partial charge in [0.2, 0.25) is 0 Å². The number of rotatable bonds is 4. The average Bonchev–Trinajstić information content (AvgIpc) is 2.67. The molecule has 1 heterocycles. The second kappa shape index (κ2) is 8.77. The fraction of sp³-hybridized carbons (Fsp3) is 0.632. The molecule has 1 aliphatic heterocycles. The predicted molar refractivity (Wildman–Crippen MR) is 104 cm³/mol. The molecule has 25 heavy (non-hydrogen) atoms. The van der Waals surface area contributed by atoms with Crippen LogP contribution in [0.4, 0.5) is 5.69 Å². The van der Waals surface area contributed by atoms with Crippen molar-refractivity contribution in [3.8, 4) is 0 Å². The fourth-order valence-electron chi connectivity index (χ4n) is 3.72. The van der Waals surface area contributed by atoms with E-state index in [1.54, 1.807) is 0 Å². The smallest absolute Gasteiger partial charge is 0.191 e. The van der Waals surface area contributed by atoms with Gasteiger partial charge in [-0.05, 0) is 55.9 Å². The molecule has 0 amide bonds. The number of halogens is 1. The van der Waals surface area contributed by atoms with Crippen LogP contribution in [0.3, 0.4) is 0 Å². The number of nitrogens with zero attached hydrogens (tertiary/aromatic N) is 3. The Balaban J connectivity index is 1.45. The third kappa shape index (κ3) is 5.02. The van der Waals surface area contributed by atoms with E-state index < -0.39 is 0 Å². The van der Waals surface area contributed by atoms with Gasteiger partial charge < -0.3 is 20.3 Å². The maximum Gasteiger partial charge on any atom is 0.191 e. The molecule has 6 heteroatoms. The number of aliphatic imine (C=N–C) groups is 1. The maximum atomic E-state index is 6.24. The normalized spacial score (nSPS) is 25.3. The topological polar surface area (TPSA) is 54.1 Å². The lowest BCUT2D eigenvalue weighted by atomic mass is 9.87. The molecule has 1 saturated heterocycles. The van der Waals surface area contributed by atoms with Gasteiger partial charge in [0, 0.05) is 50.5 Å². The Morgan fingerprint density at radius 3 is 2.36 bits per heavy atom. The number of piperazine rings is 1. The Bertz CT molecular complexity index is 561. The first kappa shape index (κ1) is 18.3. The van der Waals surface area contributed by atoms with Crippen LogP contribution in [0.5, 0.6) is 0 Å². The maximum absolute atomic E-state index is 6.24. The molecule has 0 atom stereocenters. The minimum absolute atomic E-state index is 0.443. The number of hydrogen-bond acceptors (Lipinski definition) is 3. The monoisotopic (exact) mass is 364 g/mol. The lowest BCUT2D eigenvalue weighted by molar-refractivity contribution is 0.0580. The first-order chi connectivity index (χ1) is 12.2. The number of ether oxygens (including phenoxy) is 1. The predicted octanol–water partition coefficient (Wildman–Crippen LogP) is 2.98. The van der Waals surface area contributed by atoms with Gasteiger partial charge >= 0.3 is 0 Å². The van der Waals surface area contributed by atoms with Crippen molar-refractivity contribution in [1.29, 1.82) is 0 Å². The first-order valence-corrected chi connectivity index (χ1v) is 9.61. The number of anilines is 1. The van der Waals surface area contributed by atoms with Crippen molar-refractivity contribution in [2.24, 2.45) is 16.6 Å². The molecular weight excluding hydrogens is 336 g/mol. The van der Waals surface area contributed by atoms with Gasteiger partial charge in [-0.25, -0.2) is 0 Å². The first-order valence-electron chi connectivity index (χ1n) is 9.24. The Morgan fingerprint density at radius 2 is 1.76 bits per heavy atom. The summed E-state index contributed by atoms with van der Waals surface area (Å²) in [6, 6.07) is 8.03. The number of guanidine groups is 1. The SMILES string of the molecule is COC1CCC(CN=C(N)N2CCN(c3ccc(Cl)cc3)CC2)CC1. The van der Waals surface area contributed by atoms with E-state index in [2.05, 4.69) is 26.9 Å². The summed E-state index contributed by atoms with van der Waals surface area (Å²) in [7, 11) is 1.81. The van der Waals surface area contributed by atoms with Crippen LogP contribution in [0.1, 0.15) is 25.7 Å². The van der Waals surface area contributed by atoms with Crippen LogP contribution in [-0.4, -0.2) is 56.8 Å². The van der Waals surface area contributed by atoms with Gasteiger partial charge in [0.05, 0.1) is 6.10 Å². The molecule has 138 valence electrons. The van der Waals surface area contributed by atoms with Crippen molar-refractivity contribution in [3.63, 3.8) is 0 Å². The van der Waals surface area contributed by atoms with Gasteiger partial charge in [-0.3, -0.25) is 4.99 Å². The van der Waals surface area contributed by atoms with Crippen molar-refractivity contribution >= 4 is 23.2 Å². The van der Waals surface area contributed by atoms with Crippen LogP contribution in [0.15, 0.2) is 29.3 Å². The summed E-state index contributed by atoms with van der Waals surface area (Å²) >= 11 is 5.96. The van der Waals surface area contributed by atoms with Crippen molar-refractivity contribution in [2.45, 2.75) is 31.8 Å². The summed E-state index contributed by atoms with van der Waals surface area (Å²) in [5.41, 5.74) is 7.46. The molecular formula is C19H29ClN4O. The summed E-state index contributed by atoms with van der Waals surface area (Å²) in [4.78, 5) is 9.24. The van der Waals surface area contributed by atoms with Gasteiger partial charge in [0.1, 0.15) is 0 Å². The number of hydrogen-bond donors (Lipinski definition) is 1. The number of methoxy groups -OCH3 is 1. The van der Waals surface area contributed by atoms with Crippen LogP contribution in [0.2, 0.25) is 5.02 Å². The molecule has 3 rings (SSSR count). The zero-order chi connectivity index (χ0) is 17.6. The molecule has 2 fully saturated rings. The number of nitrogens with two attached hydrogens (primary N) is 1. The summed E-state index contributed by atoms with van der Waals surface area (Å²) < 4.78 is 5.43. The molecule has 0 unspecified atom stereocenters. The van der Waals surface area contributed by atoms with Gasteiger partial charge in [-0.1, -0.05) is 11.6 Å². The van der Waals surface area contributed by atoms with Gasteiger partial charge in [-0.15, -0.1) is 0 Å². The molecule has 0 aromatic heterocycles. The molecule has 0 spiro atoms. The Kier molecular flexibility index (Phi) is 6.43. The summed E-state index contributed by atoms with van der Waals surface area (Å²) in [5.74, 6) is 1.35. The van der Waals surface area contributed by atoms with Crippen LogP contribution in [0.25, 0.3) is 0 Å². The standard InChI is InChI=1S/C19H29ClN4O/c1-25-18-8-2-15(3-9-18)14-22-19(21)24-12-10-23(11-13-24)17-6-4-16(20)5-7-17/h4-7,15,18H,2-3,8-14H2,1H3,(H2,21,22). The van der Waals surface area contributed by atoms with Crippen molar-refractivity contribution in [2.75, 3.05) is 44.7 Å². The molecule has 1 aromatic rings. The molecule has 1 saturated carbocycles. The minimum atomic E-state index is 0.443. The zero-order valence-electron chi connectivity index (χ0n) is 15.0. The van der Waals surface area contributed by atoms with E-state index in [4.69, 9.17) is 22.1 Å². The zero-order valence-corrected chi connectivity index (χ0v) is 15.8. The van der Waals surface area contributed by atoms with Crippen LogP contribution >= 0.6 is 11.6 Å². The highest BCUT2D eigenvalue weighted by molar-refractivity contribution is 6.30. The lowest BCUT2D eigenvalue weighted by Crippen LogP contribution is -2.51. The fourth-order valence-corrected chi connectivity index (χ4v) is 3.84. The largest absolute Gasteiger partial charge is 0.381 e. The van der Waals surface area contributed by atoms with E-state index in [0.717, 1.165) is 50.6 Å². The van der Waals surface area contributed by atoms with Crippen LogP contribution < -0.4 is 10.6 Å². The van der Waals surface area contributed by atoms with Crippen LogP contribution in [0, 0.1) is 5.92 Å². The second-order valence-electron chi connectivity index (χ2n) is 7.03. The van der Waals surface area contributed by atoms with E-state index >= 15 is 0 Å². The van der Waals surface area contributed by atoms with E-state index in [1.165, 1.54) is 18.5 Å². The Labute approximate surface area is 155 Å². The lowest BCUT2D eigenvalue weighted by Gasteiger charge is -2.36. The van der Waals surface area contributed by atoms with Gasteiger partial charge in [0.25, 0.3) is 0 Å². The quantitative estimate of drug-likeness (QED) is 0.659. The van der Waals surface area contributed by atoms with Crippen molar-refractivity contribution < 1.29 is 4.74 Å². The summed E-state index contributed by atoms with van der Waals surface area (Å²) in [6.07, 6.45) is 5.13. The summed E-state index contributed by atoms with van der Waals surface area (Å²) in [5, 5.41) is 0.776. The molecule has 1 aliphatic carbocycles. The third-order valence-electron chi connectivity index (χ3n) is 5.43. The Hall–Kier alpha value is -1.46. The van der Waals surface area contributed by atoms with E-state index in [0.29, 0.717) is 18.0 Å². The molecule has 2 N–H and O–H groups in total. The van der Waals surface area contributed by atoms with Gasteiger partial charge in [-0.2, -0.15) is 0 Å². The average molecular weight is 365 g/mol. The molecule has 0 radical (unpaired) electrons. The second-order valence-corrected chi connectivity index (χ2v) is 7.46. The minimum Gasteiger partial charge on any atom is -0.381 e. The molecule has 0 bridgehead atoms. The highest BCUT2D eigenvalue weighted by Crippen LogP contribution is 2.26. The van der Waals surface area contributed by atoms with Crippen molar-refractivity contribution in [1.82, 2.24) is 4.90 Å². The highest BCUT2D eigenvalue weighted by Gasteiger charge is 2.22. The summed E-state index contributed by atoms with van der Waals surface area (Å²) in [6.45, 7) is 4.58. The molecule has 5 nitrogen and oxygen atoms in total.